The van der Waals surface area contributed by atoms with E-state index >= 15 is 0 Å². The predicted octanol–water partition coefficient (Wildman–Crippen LogP) is 4.48. The van der Waals surface area contributed by atoms with Crippen LogP contribution in [0.25, 0.3) is 0 Å². The van der Waals surface area contributed by atoms with Gasteiger partial charge in [0.2, 0.25) is 0 Å². The predicted molar refractivity (Wildman–Crippen MR) is 128 cm³/mol. The minimum atomic E-state index is -0.456. The van der Waals surface area contributed by atoms with E-state index in [-0.39, 0.29) is 0 Å². The molecule has 7 heteroatoms. The first-order chi connectivity index (χ1) is 16.0. The van der Waals surface area contributed by atoms with Crippen molar-refractivity contribution in [3.63, 3.8) is 0 Å². The number of fused-ring (bicyclic) bond motifs is 1. The number of nitrogens with zero attached hydrogens (tertiary/aromatic N) is 2. The third-order valence-electron chi connectivity index (χ3n) is 5.24. The van der Waals surface area contributed by atoms with E-state index in [2.05, 4.69) is 22.3 Å². The Labute approximate surface area is 194 Å². The number of rotatable bonds is 9. The van der Waals surface area contributed by atoms with E-state index < -0.39 is 12.1 Å². The van der Waals surface area contributed by atoms with Crippen molar-refractivity contribution >= 4 is 17.7 Å². The first kappa shape index (κ1) is 24.1. The highest BCUT2D eigenvalue weighted by Crippen LogP contribution is 2.31. The first-order valence-corrected chi connectivity index (χ1v) is 10.9. The molecule has 0 bridgehead atoms. The Morgan fingerprint density at radius 1 is 1.09 bits per heavy atom. The molecule has 0 saturated heterocycles. The second-order valence-electron chi connectivity index (χ2n) is 7.72. The van der Waals surface area contributed by atoms with Crippen LogP contribution in [0.15, 0.2) is 67.3 Å². The molecular formula is C26H30N2O5. The summed E-state index contributed by atoms with van der Waals surface area (Å²) in [6.45, 7) is 6.46. The van der Waals surface area contributed by atoms with E-state index in [1.54, 1.807) is 29.2 Å². The van der Waals surface area contributed by atoms with Crippen LogP contribution in [-0.4, -0.2) is 57.4 Å². The van der Waals surface area contributed by atoms with Crippen molar-refractivity contribution < 1.29 is 23.8 Å². The molecule has 0 spiro atoms. The van der Waals surface area contributed by atoms with Crippen LogP contribution < -0.4 is 14.4 Å². The molecular weight excluding hydrogens is 420 g/mol. The minimum Gasteiger partial charge on any atom is -0.490 e. The zero-order chi connectivity index (χ0) is 23.6. The van der Waals surface area contributed by atoms with Gasteiger partial charge in [-0.15, -0.1) is 6.58 Å². The van der Waals surface area contributed by atoms with Gasteiger partial charge in [-0.2, -0.15) is 0 Å². The quantitative estimate of drug-likeness (QED) is 0.415. The van der Waals surface area contributed by atoms with Crippen molar-refractivity contribution in [3.8, 4) is 11.5 Å². The SMILES string of the molecule is C=CCN(C)CC=CCOc1ccc2c(c1)CCCN2C(=O)Oc1ccc(C(=O)OC)cc1. The van der Waals surface area contributed by atoms with Crippen molar-refractivity contribution in [1.29, 1.82) is 0 Å². The Morgan fingerprint density at radius 2 is 1.85 bits per heavy atom. The summed E-state index contributed by atoms with van der Waals surface area (Å²) in [6.07, 6.45) is 7.18. The zero-order valence-corrected chi connectivity index (χ0v) is 19.2. The maximum absolute atomic E-state index is 12.8. The van der Waals surface area contributed by atoms with Crippen LogP contribution in [0.4, 0.5) is 10.5 Å². The number of amides is 1. The molecule has 3 rings (SSSR count). The molecule has 1 aliphatic rings. The number of benzene rings is 2. The van der Waals surface area contributed by atoms with E-state index in [9.17, 15) is 9.59 Å². The van der Waals surface area contributed by atoms with Crippen LogP contribution in [0.5, 0.6) is 11.5 Å². The molecule has 0 saturated carbocycles. The van der Waals surface area contributed by atoms with Crippen molar-refractivity contribution in [2.45, 2.75) is 12.8 Å². The van der Waals surface area contributed by atoms with E-state index in [1.807, 2.05) is 37.4 Å². The number of esters is 1. The third kappa shape index (κ3) is 6.70. The largest absolute Gasteiger partial charge is 0.490 e. The molecule has 0 atom stereocenters. The van der Waals surface area contributed by atoms with Gasteiger partial charge in [-0.1, -0.05) is 18.2 Å². The molecule has 1 amide bonds. The van der Waals surface area contributed by atoms with Gasteiger partial charge >= 0.3 is 12.1 Å². The highest BCUT2D eigenvalue weighted by atomic mass is 16.6. The van der Waals surface area contributed by atoms with Crippen molar-refractivity contribution in [2.75, 3.05) is 45.3 Å². The number of anilines is 1. The molecule has 0 radical (unpaired) electrons. The fourth-order valence-corrected chi connectivity index (χ4v) is 3.55. The first-order valence-electron chi connectivity index (χ1n) is 10.9. The van der Waals surface area contributed by atoms with Gasteiger partial charge in [0.05, 0.1) is 18.4 Å². The van der Waals surface area contributed by atoms with Gasteiger partial charge in [0.15, 0.2) is 0 Å². The fourth-order valence-electron chi connectivity index (χ4n) is 3.55. The van der Waals surface area contributed by atoms with Gasteiger partial charge < -0.3 is 14.2 Å². The van der Waals surface area contributed by atoms with Crippen LogP contribution in [-0.2, 0) is 11.2 Å². The highest BCUT2D eigenvalue weighted by Gasteiger charge is 2.24. The van der Waals surface area contributed by atoms with Crippen LogP contribution in [0.2, 0.25) is 0 Å². The summed E-state index contributed by atoms with van der Waals surface area (Å²) in [5.74, 6) is 0.697. The maximum atomic E-state index is 12.8. The Kier molecular flexibility index (Phi) is 8.66. The van der Waals surface area contributed by atoms with Gasteiger partial charge in [0.1, 0.15) is 18.1 Å². The summed E-state index contributed by atoms with van der Waals surface area (Å²) in [5.41, 5.74) is 2.27. The lowest BCUT2D eigenvalue weighted by Crippen LogP contribution is -2.37. The molecule has 2 aromatic rings. The number of methoxy groups -OCH3 is 1. The summed E-state index contributed by atoms with van der Waals surface area (Å²) in [6, 6.07) is 12.0. The lowest BCUT2D eigenvalue weighted by atomic mass is 10.0. The smallest absolute Gasteiger partial charge is 0.419 e. The topological polar surface area (TPSA) is 68.3 Å². The number of aryl methyl sites for hydroxylation is 1. The summed E-state index contributed by atoms with van der Waals surface area (Å²) in [5, 5.41) is 0. The van der Waals surface area contributed by atoms with E-state index in [4.69, 9.17) is 9.47 Å². The van der Waals surface area contributed by atoms with Gasteiger partial charge in [-0.3, -0.25) is 9.80 Å². The summed E-state index contributed by atoms with van der Waals surface area (Å²) in [7, 11) is 3.35. The highest BCUT2D eigenvalue weighted by molar-refractivity contribution is 5.91. The number of carbonyl (C=O) groups excluding carboxylic acids is 2. The monoisotopic (exact) mass is 450 g/mol. The summed E-state index contributed by atoms with van der Waals surface area (Å²) >= 11 is 0. The van der Waals surface area contributed by atoms with Crippen LogP contribution in [0.3, 0.4) is 0 Å². The van der Waals surface area contributed by atoms with Crippen molar-refractivity contribution in [2.24, 2.45) is 0 Å². The van der Waals surface area contributed by atoms with Crippen LogP contribution >= 0.6 is 0 Å². The minimum absolute atomic E-state index is 0.366. The molecule has 7 nitrogen and oxygen atoms in total. The second-order valence-corrected chi connectivity index (χ2v) is 7.72. The molecule has 0 aliphatic carbocycles. The normalized spacial score (nSPS) is 13.0. The second kappa shape index (κ2) is 11.9. The molecule has 1 heterocycles. The maximum Gasteiger partial charge on any atom is 0.419 e. The molecule has 33 heavy (non-hydrogen) atoms. The van der Waals surface area contributed by atoms with Crippen molar-refractivity contribution in [1.82, 2.24) is 4.90 Å². The number of ether oxygens (including phenoxy) is 3. The van der Waals surface area contributed by atoms with E-state index in [0.717, 1.165) is 42.9 Å². The van der Waals surface area contributed by atoms with Gasteiger partial charge in [0.25, 0.3) is 0 Å². The van der Waals surface area contributed by atoms with Crippen LogP contribution in [0.1, 0.15) is 22.3 Å². The van der Waals surface area contributed by atoms with Crippen LogP contribution in [0, 0.1) is 0 Å². The molecule has 2 aromatic carbocycles. The Hall–Kier alpha value is -3.58. The number of likely N-dealkylation sites (N-methyl/N-ethyl adjacent to an activating group) is 1. The number of hydrogen-bond donors (Lipinski definition) is 0. The molecule has 0 unspecified atom stereocenters. The van der Waals surface area contributed by atoms with Gasteiger partial charge in [-0.25, -0.2) is 9.59 Å². The average Bonchev–Trinajstić information content (AvgIpc) is 2.83. The van der Waals surface area contributed by atoms with E-state index in [0.29, 0.717) is 24.5 Å². The Morgan fingerprint density at radius 3 is 2.58 bits per heavy atom. The lowest BCUT2D eigenvalue weighted by Gasteiger charge is -2.29. The zero-order valence-electron chi connectivity index (χ0n) is 19.2. The number of hydrogen-bond acceptors (Lipinski definition) is 6. The van der Waals surface area contributed by atoms with Gasteiger partial charge in [-0.05, 0) is 67.9 Å². The molecule has 1 aliphatic heterocycles. The molecule has 0 N–H and O–H groups in total. The lowest BCUT2D eigenvalue weighted by molar-refractivity contribution is 0.0600. The van der Waals surface area contributed by atoms with Gasteiger partial charge in [0, 0.05) is 19.6 Å². The van der Waals surface area contributed by atoms with Crippen molar-refractivity contribution in [3.05, 3.63) is 78.4 Å². The standard InChI is InChI=1S/C26H30N2O5/c1-4-15-27(2)16-5-6-18-32-23-13-14-24-21(19-23)8-7-17-28(24)26(30)33-22-11-9-20(10-12-22)25(29)31-3/h4-6,9-14,19H,1,7-8,15-18H2,2-3H3. The third-order valence-corrected chi connectivity index (χ3v) is 5.24. The Balaban J connectivity index is 1.59. The van der Waals surface area contributed by atoms with E-state index in [1.165, 1.54) is 7.11 Å². The molecule has 174 valence electrons. The summed E-state index contributed by atoms with van der Waals surface area (Å²) < 4.78 is 16.1. The molecule has 0 aromatic heterocycles. The number of carbonyl (C=O) groups is 2. The summed E-state index contributed by atoms with van der Waals surface area (Å²) in [4.78, 5) is 28.1. The average molecular weight is 451 g/mol. The molecule has 0 fully saturated rings. The Bertz CT molecular complexity index is 1000. The fraction of sp³-hybridized carbons (Fsp3) is 0.308.